The average Bonchev–Trinajstić information content (AvgIpc) is 2.55. The number of benzene rings is 2. The zero-order chi connectivity index (χ0) is 18.2. The van der Waals surface area contributed by atoms with Crippen LogP contribution in [0.3, 0.4) is 0 Å². The van der Waals surface area contributed by atoms with Crippen LogP contribution in [0.4, 0.5) is 8.78 Å². The molecule has 0 N–H and O–H groups in total. The van der Waals surface area contributed by atoms with E-state index < -0.39 is 15.8 Å². The topological polar surface area (TPSA) is 40.6 Å². The van der Waals surface area contributed by atoms with Crippen molar-refractivity contribution in [3.05, 3.63) is 65.2 Å². The first-order valence-corrected chi connectivity index (χ1v) is 9.45. The molecule has 7 heteroatoms. The molecule has 3 rings (SSSR count). The Morgan fingerprint density at radius 1 is 1.08 bits per heavy atom. The minimum atomic E-state index is -3.77. The molecule has 0 amide bonds. The lowest BCUT2D eigenvalue weighted by Crippen LogP contribution is -2.49. The number of rotatable bonds is 3. The van der Waals surface area contributed by atoms with Crippen LogP contribution in [-0.2, 0) is 10.0 Å². The van der Waals surface area contributed by atoms with Gasteiger partial charge in [0.1, 0.15) is 11.6 Å². The Hall–Kier alpha value is -1.83. The molecule has 2 aromatic rings. The van der Waals surface area contributed by atoms with Crippen LogP contribution < -0.4 is 0 Å². The lowest BCUT2D eigenvalue weighted by Gasteiger charge is -2.39. The zero-order valence-electron chi connectivity index (χ0n) is 14.1. The maximum atomic E-state index is 14.2. The van der Waals surface area contributed by atoms with E-state index in [0.29, 0.717) is 24.2 Å². The fraction of sp³-hybridized carbons (Fsp3) is 0.333. The van der Waals surface area contributed by atoms with Crippen LogP contribution in [0.5, 0.6) is 0 Å². The normalized spacial score (nSPS) is 19.9. The molecule has 0 aliphatic carbocycles. The minimum Gasteiger partial charge on any atom is -0.297 e. The first-order chi connectivity index (χ1) is 11.8. The summed E-state index contributed by atoms with van der Waals surface area (Å²) in [5.41, 5.74) is 0.835. The van der Waals surface area contributed by atoms with Gasteiger partial charge in [-0.1, -0.05) is 18.2 Å². The van der Waals surface area contributed by atoms with Gasteiger partial charge in [0.05, 0.1) is 10.9 Å². The van der Waals surface area contributed by atoms with Crippen molar-refractivity contribution in [2.45, 2.75) is 17.9 Å². The average molecular weight is 366 g/mol. The number of hydrogen-bond donors (Lipinski definition) is 0. The van der Waals surface area contributed by atoms with E-state index >= 15 is 0 Å². The van der Waals surface area contributed by atoms with Crippen molar-refractivity contribution in [2.24, 2.45) is 0 Å². The number of sulfonamides is 1. The number of likely N-dealkylation sites (N-methyl/N-ethyl adjacent to an activating group) is 1. The summed E-state index contributed by atoms with van der Waals surface area (Å²) < 4.78 is 54.8. The van der Waals surface area contributed by atoms with Crippen LogP contribution in [0.25, 0.3) is 0 Å². The summed E-state index contributed by atoms with van der Waals surface area (Å²) in [5.74, 6) is -0.823. The van der Waals surface area contributed by atoms with Gasteiger partial charge in [-0.05, 0) is 43.8 Å². The van der Waals surface area contributed by atoms with Gasteiger partial charge >= 0.3 is 0 Å². The van der Waals surface area contributed by atoms with Gasteiger partial charge in [-0.25, -0.2) is 17.2 Å². The number of nitrogens with zero attached hydrogens (tertiary/aromatic N) is 2. The molecule has 4 nitrogen and oxygen atoms in total. The van der Waals surface area contributed by atoms with Crippen molar-refractivity contribution >= 4 is 10.0 Å². The fourth-order valence-electron chi connectivity index (χ4n) is 3.19. The fourth-order valence-corrected chi connectivity index (χ4v) is 4.83. The Kier molecular flexibility index (Phi) is 4.90. The second-order valence-corrected chi connectivity index (χ2v) is 8.20. The molecule has 1 saturated heterocycles. The van der Waals surface area contributed by atoms with Gasteiger partial charge in [-0.3, -0.25) is 4.90 Å². The van der Waals surface area contributed by atoms with Crippen LogP contribution in [0.15, 0.2) is 47.4 Å². The molecular formula is C18H20F2N2O2S. The molecule has 2 aromatic carbocycles. The van der Waals surface area contributed by atoms with Gasteiger partial charge < -0.3 is 0 Å². The van der Waals surface area contributed by atoms with E-state index in [4.69, 9.17) is 0 Å². The van der Waals surface area contributed by atoms with Crippen molar-refractivity contribution in [1.82, 2.24) is 9.21 Å². The molecule has 134 valence electrons. The Morgan fingerprint density at radius 2 is 1.80 bits per heavy atom. The van der Waals surface area contributed by atoms with Crippen molar-refractivity contribution in [3.63, 3.8) is 0 Å². The summed E-state index contributed by atoms with van der Waals surface area (Å²) in [7, 11) is -1.92. The molecule has 0 spiro atoms. The molecule has 1 unspecified atom stereocenters. The second kappa shape index (κ2) is 6.82. The summed E-state index contributed by atoms with van der Waals surface area (Å²) in [4.78, 5) is 2.04. The van der Waals surface area contributed by atoms with Crippen LogP contribution >= 0.6 is 0 Å². The Morgan fingerprint density at radius 3 is 2.48 bits per heavy atom. The van der Waals surface area contributed by atoms with Gasteiger partial charge in [0.15, 0.2) is 0 Å². The van der Waals surface area contributed by atoms with E-state index in [-0.39, 0.29) is 23.3 Å². The van der Waals surface area contributed by atoms with E-state index in [2.05, 4.69) is 0 Å². The highest BCUT2D eigenvalue weighted by Crippen LogP contribution is 2.30. The SMILES string of the molecule is Cc1cc(F)ccc1S(=O)(=O)N1CCN(C)C(c2ccccc2F)C1. The molecule has 1 atom stereocenters. The van der Waals surface area contributed by atoms with Crippen LogP contribution in [0, 0.1) is 18.6 Å². The highest BCUT2D eigenvalue weighted by atomic mass is 32.2. The third-order valence-corrected chi connectivity index (χ3v) is 6.66. The number of piperazine rings is 1. The van der Waals surface area contributed by atoms with Crippen molar-refractivity contribution in [3.8, 4) is 0 Å². The summed E-state index contributed by atoms with van der Waals surface area (Å²) in [6, 6.07) is 9.67. The summed E-state index contributed by atoms with van der Waals surface area (Å²) >= 11 is 0. The van der Waals surface area contributed by atoms with Crippen LogP contribution in [0.1, 0.15) is 17.2 Å². The molecule has 0 saturated carbocycles. The molecule has 0 bridgehead atoms. The van der Waals surface area contributed by atoms with Gasteiger partial charge in [0.2, 0.25) is 10.0 Å². The highest BCUT2D eigenvalue weighted by molar-refractivity contribution is 7.89. The van der Waals surface area contributed by atoms with Gasteiger partial charge in [-0.2, -0.15) is 4.31 Å². The van der Waals surface area contributed by atoms with Crippen LogP contribution in [-0.4, -0.2) is 44.3 Å². The third kappa shape index (κ3) is 3.44. The summed E-state index contributed by atoms with van der Waals surface area (Å²) in [6.45, 7) is 2.51. The van der Waals surface area contributed by atoms with E-state index in [9.17, 15) is 17.2 Å². The second-order valence-electron chi connectivity index (χ2n) is 6.29. The number of hydrogen-bond acceptors (Lipinski definition) is 3. The Balaban J connectivity index is 1.94. The molecule has 1 fully saturated rings. The molecule has 0 aromatic heterocycles. The van der Waals surface area contributed by atoms with Gasteiger partial charge in [-0.15, -0.1) is 0 Å². The number of aryl methyl sites for hydroxylation is 1. The van der Waals surface area contributed by atoms with Crippen LogP contribution in [0.2, 0.25) is 0 Å². The Labute approximate surface area is 146 Å². The van der Waals surface area contributed by atoms with E-state index in [1.54, 1.807) is 25.1 Å². The molecule has 0 radical (unpaired) electrons. The third-order valence-electron chi connectivity index (χ3n) is 4.63. The van der Waals surface area contributed by atoms with E-state index in [1.807, 2.05) is 11.9 Å². The smallest absolute Gasteiger partial charge is 0.243 e. The maximum Gasteiger partial charge on any atom is 0.243 e. The predicted molar refractivity (Wildman–Crippen MR) is 91.7 cm³/mol. The van der Waals surface area contributed by atoms with Crippen molar-refractivity contribution in [2.75, 3.05) is 26.7 Å². The molecule has 1 heterocycles. The monoisotopic (exact) mass is 366 g/mol. The van der Waals surface area contributed by atoms with Crippen molar-refractivity contribution < 1.29 is 17.2 Å². The maximum absolute atomic E-state index is 14.2. The zero-order valence-corrected chi connectivity index (χ0v) is 14.9. The molecule has 25 heavy (non-hydrogen) atoms. The largest absolute Gasteiger partial charge is 0.297 e. The minimum absolute atomic E-state index is 0.0886. The molecular weight excluding hydrogens is 346 g/mol. The predicted octanol–water partition coefficient (Wildman–Crippen LogP) is 2.95. The highest BCUT2D eigenvalue weighted by Gasteiger charge is 2.35. The summed E-state index contributed by atoms with van der Waals surface area (Å²) in [5, 5.41) is 0. The quantitative estimate of drug-likeness (QED) is 0.839. The van der Waals surface area contributed by atoms with E-state index in [0.717, 1.165) is 6.07 Å². The Bertz CT molecular complexity index is 886. The van der Waals surface area contributed by atoms with Gasteiger partial charge in [0, 0.05) is 25.2 Å². The standard InChI is InChI=1S/C18H20F2N2O2S/c1-13-11-14(19)7-8-18(13)25(23,24)22-10-9-21(2)17(12-22)15-5-3-4-6-16(15)20/h3-8,11,17H,9-10,12H2,1-2H3. The lowest BCUT2D eigenvalue weighted by molar-refractivity contribution is 0.145. The molecule has 1 aliphatic heterocycles. The van der Waals surface area contributed by atoms with Gasteiger partial charge in [0.25, 0.3) is 0 Å². The summed E-state index contributed by atoms with van der Waals surface area (Å²) in [6.07, 6.45) is 0. The number of halogens is 2. The van der Waals surface area contributed by atoms with E-state index in [1.165, 1.54) is 22.5 Å². The molecule has 1 aliphatic rings. The van der Waals surface area contributed by atoms with Crippen molar-refractivity contribution in [1.29, 1.82) is 0 Å². The first kappa shape index (κ1) is 18.0. The first-order valence-electron chi connectivity index (χ1n) is 8.01. The lowest BCUT2D eigenvalue weighted by atomic mass is 10.0.